The van der Waals surface area contributed by atoms with Crippen LogP contribution in [0.3, 0.4) is 0 Å². The fourth-order valence-corrected chi connectivity index (χ4v) is 1.48. The number of hydrogen-bond acceptors (Lipinski definition) is 3. The van der Waals surface area contributed by atoms with E-state index in [4.69, 9.17) is 0 Å². The Morgan fingerprint density at radius 3 is 2.47 bits per heavy atom. The summed E-state index contributed by atoms with van der Waals surface area (Å²) in [7, 11) is 0. The van der Waals surface area contributed by atoms with Crippen LogP contribution in [0, 0.1) is 10.1 Å². The Labute approximate surface area is 94.3 Å². The standard InChI is InChI=1S/C9H9NO2S.C2H6/c11-10(12)6-7-13-8-9-4-2-1-3-5-9;1-2/h1-7H,8H2;1-2H3/b7-6+;. The summed E-state index contributed by atoms with van der Waals surface area (Å²) in [6, 6.07) is 9.83. The largest absolute Gasteiger partial charge is 0.259 e. The molecule has 0 spiro atoms. The van der Waals surface area contributed by atoms with Gasteiger partial charge in [-0.1, -0.05) is 44.2 Å². The quantitative estimate of drug-likeness (QED) is 0.579. The Hall–Kier alpha value is -1.29. The van der Waals surface area contributed by atoms with Gasteiger partial charge in [0, 0.05) is 11.2 Å². The molecule has 0 heterocycles. The number of hydrogen-bond donors (Lipinski definition) is 0. The molecule has 0 amide bonds. The van der Waals surface area contributed by atoms with Gasteiger partial charge in [-0.2, -0.15) is 0 Å². The van der Waals surface area contributed by atoms with E-state index in [1.165, 1.54) is 22.7 Å². The van der Waals surface area contributed by atoms with Gasteiger partial charge in [0.1, 0.15) is 0 Å². The second-order valence-electron chi connectivity index (χ2n) is 2.37. The highest BCUT2D eigenvalue weighted by Gasteiger charge is 1.90. The average Bonchev–Trinajstić information content (AvgIpc) is 2.28. The first-order chi connectivity index (χ1) is 7.29. The maximum atomic E-state index is 9.92. The minimum atomic E-state index is -0.460. The molecule has 1 aromatic rings. The zero-order valence-electron chi connectivity index (χ0n) is 8.92. The van der Waals surface area contributed by atoms with E-state index in [0.29, 0.717) is 0 Å². The molecule has 0 radical (unpaired) electrons. The fraction of sp³-hybridized carbons (Fsp3) is 0.273. The van der Waals surface area contributed by atoms with Crippen LogP contribution in [0.15, 0.2) is 41.9 Å². The Balaban J connectivity index is 0.000000921. The number of benzene rings is 1. The Morgan fingerprint density at radius 1 is 1.33 bits per heavy atom. The van der Waals surface area contributed by atoms with Crippen molar-refractivity contribution in [2.24, 2.45) is 0 Å². The third-order valence-corrected chi connectivity index (χ3v) is 2.19. The zero-order chi connectivity index (χ0) is 11.5. The summed E-state index contributed by atoms with van der Waals surface area (Å²) in [5.74, 6) is 0.769. The van der Waals surface area contributed by atoms with E-state index in [1.54, 1.807) is 0 Å². The second kappa shape index (κ2) is 9.27. The van der Waals surface area contributed by atoms with Gasteiger partial charge in [0.15, 0.2) is 0 Å². The van der Waals surface area contributed by atoms with Crippen LogP contribution in [-0.2, 0) is 5.75 Å². The van der Waals surface area contributed by atoms with Crippen LogP contribution in [0.4, 0.5) is 0 Å². The molecule has 0 atom stereocenters. The van der Waals surface area contributed by atoms with E-state index >= 15 is 0 Å². The predicted molar refractivity (Wildman–Crippen MR) is 65.2 cm³/mol. The topological polar surface area (TPSA) is 43.1 Å². The summed E-state index contributed by atoms with van der Waals surface area (Å²) in [6.45, 7) is 4.00. The van der Waals surface area contributed by atoms with E-state index in [-0.39, 0.29) is 0 Å². The van der Waals surface area contributed by atoms with E-state index in [0.717, 1.165) is 12.0 Å². The molecule has 4 heteroatoms. The van der Waals surface area contributed by atoms with Crippen molar-refractivity contribution in [1.29, 1.82) is 0 Å². The van der Waals surface area contributed by atoms with Crippen molar-refractivity contribution < 1.29 is 4.92 Å². The SMILES string of the molecule is CC.O=[N+]([O-])/C=C/SCc1ccccc1. The van der Waals surface area contributed by atoms with E-state index in [2.05, 4.69) is 0 Å². The lowest BCUT2D eigenvalue weighted by Crippen LogP contribution is -1.81. The molecule has 0 unspecified atom stereocenters. The highest BCUT2D eigenvalue weighted by atomic mass is 32.2. The van der Waals surface area contributed by atoms with Crippen LogP contribution >= 0.6 is 11.8 Å². The highest BCUT2D eigenvalue weighted by Crippen LogP contribution is 2.12. The average molecular weight is 225 g/mol. The lowest BCUT2D eigenvalue weighted by molar-refractivity contribution is -0.402. The summed E-state index contributed by atoms with van der Waals surface area (Å²) in [6.07, 6.45) is 0.952. The van der Waals surface area contributed by atoms with E-state index < -0.39 is 4.92 Å². The third-order valence-electron chi connectivity index (χ3n) is 1.37. The number of rotatable bonds is 4. The molecule has 0 fully saturated rings. The van der Waals surface area contributed by atoms with Gasteiger partial charge in [0.25, 0.3) is 0 Å². The van der Waals surface area contributed by atoms with Gasteiger partial charge < -0.3 is 0 Å². The van der Waals surface area contributed by atoms with Crippen molar-refractivity contribution in [3.63, 3.8) is 0 Å². The van der Waals surface area contributed by atoms with E-state index in [1.807, 2.05) is 44.2 Å². The van der Waals surface area contributed by atoms with Gasteiger partial charge in [0.2, 0.25) is 6.20 Å². The van der Waals surface area contributed by atoms with Gasteiger partial charge in [-0.25, -0.2) is 0 Å². The van der Waals surface area contributed by atoms with Crippen molar-refractivity contribution in [2.75, 3.05) is 0 Å². The van der Waals surface area contributed by atoms with Gasteiger partial charge >= 0.3 is 0 Å². The summed E-state index contributed by atoms with van der Waals surface area (Å²) < 4.78 is 0. The van der Waals surface area contributed by atoms with Crippen LogP contribution in [0.5, 0.6) is 0 Å². The smallest absolute Gasteiger partial charge is 0.240 e. The molecule has 15 heavy (non-hydrogen) atoms. The molecule has 82 valence electrons. The monoisotopic (exact) mass is 225 g/mol. The molecule has 0 N–H and O–H groups in total. The molecular weight excluding hydrogens is 210 g/mol. The first kappa shape index (κ1) is 13.7. The van der Waals surface area contributed by atoms with Crippen molar-refractivity contribution in [1.82, 2.24) is 0 Å². The number of nitrogens with zero attached hydrogens (tertiary/aromatic N) is 1. The zero-order valence-corrected chi connectivity index (χ0v) is 9.74. The molecule has 0 saturated carbocycles. The Kier molecular flexibility index (Phi) is 8.47. The lowest BCUT2D eigenvalue weighted by Gasteiger charge is -1.94. The molecule has 0 aliphatic carbocycles. The first-order valence-corrected chi connectivity index (χ1v) is 5.79. The van der Waals surface area contributed by atoms with E-state index in [9.17, 15) is 10.1 Å². The third kappa shape index (κ3) is 7.76. The Bertz CT molecular complexity index is 299. The normalized spacial score (nSPS) is 9.47. The maximum Gasteiger partial charge on any atom is 0.240 e. The van der Waals surface area contributed by atoms with Crippen molar-refractivity contribution in [3.8, 4) is 0 Å². The van der Waals surface area contributed by atoms with Crippen LogP contribution in [0.1, 0.15) is 19.4 Å². The molecule has 0 aromatic heterocycles. The second-order valence-corrected chi connectivity index (χ2v) is 3.26. The predicted octanol–water partition coefficient (Wildman–Crippen LogP) is 3.69. The lowest BCUT2D eigenvalue weighted by atomic mass is 10.2. The minimum absolute atomic E-state index is 0.460. The van der Waals surface area contributed by atoms with Gasteiger partial charge in [0.05, 0.1) is 4.92 Å². The summed E-state index contributed by atoms with van der Waals surface area (Å²) >= 11 is 1.41. The minimum Gasteiger partial charge on any atom is -0.259 e. The van der Waals surface area contributed by atoms with Crippen LogP contribution in [0.2, 0.25) is 0 Å². The number of thioether (sulfide) groups is 1. The van der Waals surface area contributed by atoms with Gasteiger partial charge in [-0.05, 0) is 5.56 Å². The van der Waals surface area contributed by atoms with Crippen LogP contribution < -0.4 is 0 Å². The highest BCUT2D eigenvalue weighted by molar-refractivity contribution is 8.01. The van der Waals surface area contributed by atoms with Gasteiger partial charge in [-0.3, -0.25) is 10.1 Å². The first-order valence-electron chi connectivity index (χ1n) is 4.75. The number of nitro groups is 1. The molecule has 0 saturated heterocycles. The van der Waals surface area contributed by atoms with Crippen LogP contribution in [0.25, 0.3) is 0 Å². The molecule has 3 nitrogen and oxygen atoms in total. The summed E-state index contributed by atoms with van der Waals surface area (Å²) in [5.41, 5.74) is 1.17. The molecular formula is C11H15NO2S. The van der Waals surface area contributed by atoms with Crippen molar-refractivity contribution in [3.05, 3.63) is 57.6 Å². The summed E-state index contributed by atoms with van der Waals surface area (Å²) in [4.78, 5) is 9.46. The van der Waals surface area contributed by atoms with Crippen molar-refractivity contribution >= 4 is 11.8 Å². The molecule has 1 rings (SSSR count). The summed E-state index contributed by atoms with van der Waals surface area (Å²) in [5, 5.41) is 11.4. The fourth-order valence-electron chi connectivity index (χ4n) is 0.811. The molecule has 1 aromatic carbocycles. The molecule has 0 aliphatic rings. The Morgan fingerprint density at radius 2 is 1.93 bits per heavy atom. The van der Waals surface area contributed by atoms with Gasteiger partial charge in [-0.15, -0.1) is 11.8 Å². The van der Waals surface area contributed by atoms with Crippen LogP contribution in [-0.4, -0.2) is 4.92 Å². The molecule has 0 bridgehead atoms. The maximum absolute atomic E-state index is 9.92. The van der Waals surface area contributed by atoms with Crippen molar-refractivity contribution in [2.45, 2.75) is 19.6 Å². The molecule has 0 aliphatic heterocycles.